The monoisotopic (exact) mass is 294 g/mol. The molecule has 1 aliphatic rings. The van der Waals surface area contributed by atoms with Crippen LogP contribution in [0.1, 0.15) is 48.0 Å². The van der Waals surface area contributed by atoms with Crippen LogP contribution in [0.3, 0.4) is 0 Å². The van der Waals surface area contributed by atoms with Gasteiger partial charge in [-0.1, -0.05) is 34.6 Å². The maximum atomic E-state index is 11.0. The van der Waals surface area contributed by atoms with Crippen LogP contribution in [-0.4, -0.2) is 20.7 Å². The van der Waals surface area contributed by atoms with Gasteiger partial charge in [0.15, 0.2) is 14.1 Å². The third-order valence-corrected chi connectivity index (χ3v) is 9.65. The SMILES string of the molecule is CC(=O)C=C=C1CC(CO[Si](C)(C)C(C)(C)C)C1(C)C. The van der Waals surface area contributed by atoms with E-state index in [-0.39, 0.29) is 16.2 Å². The normalized spacial score (nSPS) is 22.0. The van der Waals surface area contributed by atoms with Crippen LogP contribution in [0, 0.1) is 11.3 Å². The van der Waals surface area contributed by atoms with Crippen molar-refractivity contribution in [2.45, 2.75) is 66.1 Å². The van der Waals surface area contributed by atoms with Crippen molar-refractivity contribution >= 4 is 14.1 Å². The molecule has 1 fully saturated rings. The minimum absolute atomic E-state index is 0.0641. The maximum absolute atomic E-state index is 11.0. The van der Waals surface area contributed by atoms with Gasteiger partial charge >= 0.3 is 0 Å². The van der Waals surface area contributed by atoms with Crippen LogP contribution in [0.5, 0.6) is 0 Å². The maximum Gasteiger partial charge on any atom is 0.191 e. The molecule has 1 saturated carbocycles. The van der Waals surface area contributed by atoms with E-state index < -0.39 is 8.32 Å². The Hall–Kier alpha value is -0.633. The molecule has 0 aliphatic heterocycles. The summed E-state index contributed by atoms with van der Waals surface area (Å²) in [6.07, 6.45) is 2.56. The first-order chi connectivity index (χ1) is 8.88. The Bertz CT molecular complexity index is 446. The standard InChI is InChI=1S/C17H30O2Si/c1-13(18)9-10-14-11-15(17(14,5)6)12-19-20(7,8)16(2,3)4/h9,15H,11-12H2,1-8H3. The average Bonchev–Trinajstić information content (AvgIpc) is 2.24. The van der Waals surface area contributed by atoms with E-state index in [9.17, 15) is 4.79 Å². The smallest absolute Gasteiger partial charge is 0.191 e. The van der Waals surface area contributed by atoms with E-state index in [2.05, 4.69) is 53.4 Å². The van der Waals surface area contributed by atoms with E-state index in [1.165, 1.54) is 5.57 Å². The predicted octanol–water partition coefficient (Wildman–Crippen LogP) is 4.72. The fraction of sp³-hybridized carbons (Fsp3) is 0.765. The van der Waals surface area contributed by atoms with E-state index in [0.717, 1.165) is 13.0 Å². The van der Waals surface area contributed by atoms with Gasteiger partial charge in [-0.2, -0.15) is 0 Å². The quantitative estimate of drug-likeness (QED) is 0.426. The van der Waals surface area contributed by atoms with Gasteiger partial charge < -0.3 is 4.43 Å². The Kier molecular flexibility index (Phi) is 4.90. The summed E-state index contributed by atoms with van der Waals surface area (Å²) in [6.45, 7) is 18.3. The Morgan fingerprint density at radius 3 is 2.40 bits per heavy atom. The van der Waals surface area contributed by atoms with Crippen molar-refractivity contribution in [3.8, 4) is 0 Å². The van der Waals surface area contributed by atoms with E-state index in [4.69, 9.17) is 4.43 Å². The van der Waals surface area contributed by atoms with Crippen LogP contribution >= 0.6 is 0 Å². The Balaban J connectivity index is 2.67. The van der Waals surface area contributed by atoms with Crippen LogP contribution in [0.4, 0.5) is 0 Å². The Morgan fingerprint density at radius 2 is 2.00 bits per heavy atom. The van der Waals surface area contributed by atoms with Gasteiger partial charge in [0.2, 0.25) is 0 Å². The lowest BCUT2D eigenvalue weighted by molar-refractivity contribution is -0.112. The molecule has 0 saturated heterocycles. The van der Waals surface area contributed by atoms with Crippen LogP contribution in [-0.2, 0) is 9.22 Å². The number of rotatable bonds is 4. The van der Waals surface area contributed by atoms with E-state index in [0.29, 0.717) is 5.92 Å². The number of hydrogen-bond donors (Lipinski definition) is 0. The number of carbonyl (C=O) groups is 1. The van der Waals surface area contributed by atoms with Crippen molar-refractivity contribution in [2.75, 3.05) is 6.61 Å². The molecule has 114 valence electrons. The lowest BCUT2D eigenvalue weighted by Gasteiger charge is -2.48. The predicted molar refractivity (Wildman–Crippen MR) is 87.3 cm³/mol. The number of allylic oxidation sites excluding steroid dienone is 1. The van der Waals surface area contributed by atoms with Crippen LogP contribution < -0.4 is 0 Å². The van der Waals surface area contributed by atoms with Gasteiger partial charge in [-0.05, 0) is 48.4 Å². The van der Waals surface area contributed by atoms with Crippen LogP contribution in [0.2, 0.25) is 18.1 Å². The molecule has 3 heteroatoms. The zero-order valence-corrected chi connectivity index (χ0v) is 15.4. The molecule has 0 radical (unpaired) electrons. The first-order valence-electron chi connectivity index (χ1n) is 7.48. The molecular formula is C17H30O2Si. The first kappa shape index (κ1) is 17.4. The highest BCUT2D eigenvalue weighted by molar-refractivity contribution is 6.74. The molecule has 1 atom stereocenters. The molecular weight excluding hydrogens is 264 g/mol. The lowest BCUT2D eigenvalue weighted by Crippen LogP contribution is -2.46. The molecule has 0 amide bonds. The molecule has 0 aromatic carbocycles. The summed E-state index contributed by atoms with van der Waals surface area (Å²) >= 11 is 0. The van der Waals surface area contributed by atoms with Crippen LogP contribution in [0.25, 0.3) is 0 Å². The summed E-state index contributed by atoms with van der Waals surface area (Å²) < 4.78 is 6.33. The Morgan fingerprint density at radius 1 is 1.45 bits per heavy atom. The molecule has 0 heterocycles. The van der Waals surface area contributed by atoms with Gasteiger partial charge in [0.1, 0.15) is 0 Å². The van der Waals surface area contributed by atoms with Crippen molar-refractivity contribution in [1.82, 2.24) is 0 Å². The highest BCUT2D eigenvalue weighted by atomic mass is 28.4. The van der Waals surface area contributed by atoms with Gasteiger partial charge in [-0.3, -0.25) is 4.79 Å². The average molecular weight is 295 g/mol. The number of hydrogen-bond acceptors (Lipinski definition) is 2. The zero-order chi connectivity index (χ0) is 15.8. The third-order valence-electron chi connectivity index (χ3n) is 5.15. The largest absolute Gasteiger partial charge is 0.417 e. The fourth-order valence-electron chi connectivity index (χ4n) is 2.11. The van der Waals surface area contributed by atoms with Gasteiger partial charge in [-0.15, -0.1) is 5.73 Å². The second kappa shape index (κ2) is 5.63. The van der Waals surface area contributed by atoms with Crippen molar-refractivity contribution in [3.63, 3.8) is 0 Å². The second-order valence-corrected chi connectivity index (χ2v) is 12.9. The Labute approximate surface area is 125 Å². The summed E-state index contributed by atoms with van der Waals surface area (Å²) in [5.74, 6) is 0.605. The highest BCUT2D eigenvalue weighted by Gasteiger charge is 2.45. The highest BCUT2D eigenvalue weighted by Crippen LogP contribution is 2.51. The number of ketones is 1. The third kappa shape index (κ3) is 3.72. The van der Waals surface area contributed by atoms with Gasteiger partial charge in [0.25, 0.3) is 0 Å². The van der Waals surface area contributed by atoms with Crippen LogP contribution in [0.15, 0.2) is 17.4 Å². The van der Waals surface area contributed by atoms with E-state index in [1.807, 2.05) is 0 Å². The minimum atomic E-state index is -1.66. The molecule has 1 rings (SSSR count). The molecule has 0 aromatic heterocycles. The summed E-state index contributed by atoms with van der Waals surface area (Å²) in [5.41, 5.74) is 4.52. The van der Waals surface area contributed by atoms with Gasteiger partial charge in [0, 0.05) is 12.7 Å². The van der Waals surface area contributed by atoms with Crippen molar-refractivity contribution < 1.29 is 9.22 Å². The molecule has 0 N–H and O–H groups in total. The molecule has 2 nitrogen and oxygen atoms in total. The summed E-state index contributed by atoms with van der Waals surface area (Å²) in [4.78, 5) is 11.0. The summed E-state index contributed by atoms with van der Waals surface area (Å²) in [7, 11) is -1.66. The zero-order valence-electron chi connectivity index (χ0n) is 14.4. The van der Waals surface area contributed by atoms with Crippen molar-refractivity contribution in [1.29, 1.82) is 0 Å². The summed E-state index contributed by atoms with van der Waals surface area (Å²) in [6, 6.07) is 0. The van der Waals surface area contributed by atoms with E-state index in [1.54, 1.807) is 13.0 Å². The minimum Gasteiger partial charge on any atom is -0.417 e. The van der Waals surface area contributed by atoms with Crippen molar-refractivity contribution in [2.24, 2.45) is 11.3 Å². The first-order valence-corrected chi connectivity index (χ1v) is 10.4. The fourth-order valence-corrected chi connectivity index (χ4v) is 3.16. The molecule has 20 heavy (non-hydrogen) atoms. The van der Waals surface area contributed by atoms with Crippen molar-refractivity contribution in [3.05, 3.63) is 17.4 Å². The topological polar surface area (TPSA) is 26.3 Å². The molecule has 1 unspecified atom stereocenters. The van der Waals surface area contributed by atoms with Gasteiger partial charge in [-0.25, -0.2) is 0 Å². The molecule has 1 aliphatic carbocycles. The second-order valence-electron chi connectivity index (χ2n) is 8.07. The van der Waals surface area contributed by atoms with Gasteiger partial charge in [0.05, 0.1) is 0 Å². The van der Waals surface area contributed by atoms with E-state index >= 15 is 0 Å². The molecule has 0 aromatic rings. The number of carbonyl (C=O) groups excluding carboxylic acids is 1. The molecule has 0 spiro atoms. The summed E-state index contributed by atoms with van der Waals surface area (Å²) in [5, 5.41) is 0.258. The lowest BCUT2D eigenvalue weighted by atomic mass is 9.59. The molecule has 0 bridgehead atoms.